The van der Waals surface area contributed by atoms with Crippen LogP contribution in [0.2, 0.25) is 0 Å². The van der Waals surface area contributed by atoms with Crippen LogP contribution >= 0.6 is 0 Å². The molecular weight excluding hydrogens is 482 g/mol. The summed E-state index contributed by atoms with van der Waals surface area (Å²) in [5, 5.41) is 6.94. The summed E-state index contributed by atoms with van der Waals surface area (Å²) >= 11 is 0. The van der Waals surface area contributed by atoms with Crippen molar-refractivity contribution in [2.45, 2.75) is 38.5 Å². The Morgan fingerprint density at radius 2 is 2.00 bits per heavy atom. The lowest BCUT2D eigenvalue weighted by Crippen LogP contribution is -2.56. The number of aromatic nitrogens is 2. The van der Waals surface area contributed by atoms with Crippen molar-refractivity contribution in [2.75, 3.05) is 36.0 Å². The number of fused-ring (bicyclic) bond motifs is 2. The fourth-order valence-corrected chi connectivity index (χ4v) is 5.01. The van der Waals surface area contributed by atoms with Crippen LogP contribution in [0.5, 0.6) is 0 Å². The summed E-state index contributed by atoms with van der Waals surface area (Å²) in [5.41, 5.74) is 9.85. The number of anilines is 3. The minimum atomic E-state index is -1.05. The number of nitrogen functional groups attached to an aromatic ring is 1. The molecule has 3 aromatic rings. The van der Waals surface area contributed by atoms with Crippen molar-refractivity contribution in [3.63, 3.8) is 0 Å². The maximum absolute atomic E-state index is 15.4. The van der Waals surface area contributed by atoms with Gasteiger partial charge in [-0.25, -0.2) is 18.6 Å². The van der Waals surface area contributed by atoms with Crippen molar-refractivity contribution in [1.29, 1.82) is 0 Å². The third-order valence-electron chi connectivity index (χ3n) is 7.29. The van der Waals surface area contributed by atoms with Gasteiger partial charge >= 0.3 is 6.09 Å². The fraction of sp³-hybridized carbons (Fsp3) is 0.385. The Hall–Kier alpha value is -4.02. The molecule has 1 saturated carbocycles. The molecule has 2 atom stereocenters. The highest BCUT2D eigenvalue weighted by atomic mass is 19.1. The number of halogens is 2. The van der Waals surface area contributed by atoms with E-state index in [2.05, 4.69) is 20.6 Å². The molecule has 2 aliphatic heterocycles. The third-order valence-corrected chi connectivity index (χ3v) is 7.29. The van der Waals surface area contributed by atoms with Gasteiger partial charge in [-0.05, 0) is 49.3 Å². The molecule has 2 fully saturated rings. The number of alkyl halides is 1. The lowest BCUT2D eigenvalue weighted by Gasteiger charge is -2.38. The van der Waals surface area contributed by atoms with Crippen molar-refractivity contribution >= 4 is 40.0 Å². The molecule has 9 nitrogen and oxygen atoms in total. The van der Waals surface area contributed by atoms with Gasteiger partial charge < -0.3 is 20.7 Å². The van der Waals surface area contributed by atoms with E-state index in [-0.39, 0.29) is 36.9 Å². The molecule has 3 aliphatic rings. The predicted molar refractivity (Wildman–Crippen MR) is 134 cm³/mol. The molecule has 37 heavy (non-hydrogen) atoms. The summed E-state index contributed by atoms with van der Waals surface area (Å²) in [4.78, 5) is 34.6. The van der Waals surface area contributed by atoms with Crippen molar-refractivity contribution in [1.82, 2.24) is 14.9 Å². The first-order chi connectivity index (χ1) is 17.8. The second-order valence-corrected chi connectivity index (χ2v) is 9.85. The number of amides is 2. The average molecular weight is 509 g/mol. The van der Waals surface area contributed by atoms with Crippen LogP contribution in [0.4, 0.5) is 30.8 Å². The molecule has 2 amide bonds. The molecule has 2 aromatic heterocycles. The lowest BCUT2D eigenvalue weighted by atomic mass is 9.95. The van der Waals surface area contributed by atoms with Gasteiger partial charge in [-0.15, -0.1) is 0 Å². The average Bonchev–Trinajstić information content (AvgIpc) is 3.60. The van der Waals surface area contributed by atoms with Crippen LogP contribution in [0.25, 0.3) is 21.9 Å². The van der Waals surface area contributed by atoms with Crippen LogP contribution in [0, 0.1) is 18.7 Å². The van der Waals surface area contributed by atoms with Crippen LogP contribution in [0.3, 0.4) is 0 Å². The maximum atomic E-state index is 15.4. The quantitative estimate of drug-likeness (QED) is 0.458. The highest BCUT2D eigenvalue weighted by molar-refractivity contribution is 5.99. The number of nitrogens with zero attached hydrogens (tertiary/aromatic N) is 3. The van der Waals surface area contributed by atoms with E-state index in [1.54, 1.807) is 18.3 Å². The molecule has 0 bridgehead atoms. The van der Waals surface area contributed by atoms with Gasteiger partial charge in [0, 0.05) is 35.5 Å². The van der Waals surface area contributed by atoms with Gasteiger partial charge in [-0.1, -0.05) is 0 Å². The van der Waals surface area contributed by atoms with Crippen molar-refractivity contribution in [3.05, 3.63) is 41.6 Å². The minimum absolute atomic E-state index is 0.0374. The SMILES string of the molecule is Cc1c(-c2cc3cc(NC(=O)OC4CN(C(=O)[C@H]5C[C@@H]5F)C4)ncc3c(N)c2F)cnc2c1NCCC2. The third kappa shape index (κ3) is 4.17. The summed E-state index contributed by atoms with van der Waals surface area (Å²) in [6.45, 7) is 3.25. The number of carbonyl (C=O) groups is 2. The van der Waals surface area contributed by atoms with Gasteiger partial charge in [-0.2, -0.15) is 0 Å². The van der Waals surface area contributed by atoms with Gasteiger partial charge in [0.2, 0.25) is 5.91 Å². The molecule has 4 heterocycles. The Bertz CT molecular complexity index is 1440. The first kappa shape index (κ1) is 23.4. The molecule has 0 unspecified atom stereocenters. The number of carbonyl (C=O) groups excluding carboxylic acids is 2. The molecular formula is C26H26F2N6O3. The van der Waals surface area contributed by atoms with Crippen LogP contribution in [0.15, 0.2) is 24.5 Å². The highest BCUT2D eigenvalue weighted by Crippen LogP contribution is 2.39. The van der Waals surface area contributed by atoms with Gasteiger partial charge in [0.25, 0.3) is 0 Å². The van der Waals surface area contributed by atoms with Crippen LogP contribution < -0.4 is 16.4 Å². The summed E-state index contributed by atoms with van der Waals surface area (Å²) < 4.78 is 33.8. The number of likely N-dealkylation sites (tertiary alicyclic amines) is 1. The number of hydrogen-bond donors (Lipinski definition) is 3. The number of pyridine rings is 2. The van der Waals surface area contributed by atoms with E-state index in [1.165, 1.54) is 11.1 Å². The Balaban J connectivity index is 1.20. The molecule has 0 spiro atoms. The molecule has 1 aliphatic carbocycles. The normalized spacial score (nSPS) is 20.6. The van der Waals surface area contributed by atoms with Crippen LogP contribution in [0.1, 0.15) is 24.1 Å². The zero-order valence-electron chi connectivity index (χ0n) is 20.2. The van der Waals surface area contributed by atoms with Gasteiger partial charge in [0.05, 0.1) is 36.1 Å². The van der Waals surface area contributed by atoms with Crippen LogP contribution in [-0.4, -0.2) is 58.8 Å². The Kier molecular flexibility index (Phi) is 5.58. The Morgan fingerprint density at radius 3 is 2.76 bits per heavy atom. The molecule has 11 heteroatoms. The second kappa shape index (κ2) is 8.82. The molecule has 192 valence electrons. The van der Waals surface area contributed by atoms with E-state index in [1.807, 2.05) is 6.92 Å². The highest BCUT2D eigenvalue weighted by Gasteiger charge is 2.48. The number of nitrogens with two attached hydrogens (primary N) is 1. The van der Waals surface area contributed by atoms with Crippen LogP contribution in [-0.2, 0) is 16.0 Å². The number of hydrogen-bond acceptors (Lipinski definition) is 7. The largest absolute Gasteiger partial charge is 0.442 e. The lowest BCUT2D eigenvalue weighted by molar-refractivity contribution is -0.143. The predicted octanol–water partition coefficient (Wildman–Crippen LogP) is 3.80. The molecule has 4 N–H and O–H groups in total. The van der Waals surface area contributed by atoms with E-state index in [9.17, 15) is 14.0 Å². The molecule has 1 aromatic carbocycles. The molecule has 6 rings (SSSR count). The first-order valence-corrected chi connectivity index (χ1v) is 12.3. The Morgan fingerprint density at radius 1 is 1.22 bits per heavy atom. The number of nitrogens with one attached hydrogen (secondary N) is 2. The van der Waals surface area contributed by atoms with E-state index >= 15 is 4.39 Å². The first-order valence-electron chi connectivity index (χ1n) is 12.3. The summed E-state index contributed by atoms with van der Waals surface area (Å²) in [6, 6.07) is 3.27. The van der Waals surface area contributed by atoms with Crippen molar-refractivity contribution in [3.8, 4) is 11.1 Å². The number of aryl methyl sites for hydroxylation is 1. The number of ether oxygens (including phenoxy) is 1. The molecule has 1 saturated heterocycles. The summed E-state index contributed by atoms with van der Waals surface area (Å²) in [6.07, 6.45) is 2.97. The van der Waals surface area contributed by atoms with E-state index in [0.717, 1.165) is 36.3 Å². The smallest absolute Gasteiger partial charge is 0.413 e. The van der Waals surface area contributed by atoms with E-state index in [4.69, 9.17) is 10.5 Å². The van der Waals surface area contributed by atoms with Gasteiger partial charge in [0.1, 0.15) is 18.1 Å². The monoisotopic (exact) mass is 508 g/mol. The summed E-state index contributed by atoms with van der Waals surface area (Å²) in [5.74, 6) is -1.12. The number of benzene rings is 1. The molecule has 0 radical (unpaired) electrons. The van der Waals surface area contributed by atoms with Crippen molar-refractivity contribution < 1.29 is 23.1 Å². The number of rotatable bonds is 4. The zero-order chi connectivity index (χ0) is 25.8. The minimum Gasteiger partial charge on any atom is -0.442 e. The maximum Gasteiger partial charge on any atom is 0.413 e. The van der Waals surface area contributed by atoms with E-state index < -0.39 is 30.1 Å². The zero-order valence-corrected chi connectivity index (χ0v) is 20.2. The standard InChI is InChI=1S/C26H26F2N6O3/c1-12-17(8-31-20-3-2-4-30-24(12)20)15-5-13-6-21(32-9-18(13)23(29)22(15)28)33-26(36)37-14-10-34(11-14)25(35)16-7-19(16)27/h5-6,8-9,14,16,19,30H,2-4,7,10-11,29H2,1H3,(H,32,33,36)/t16-,19-/m0/s1. The second-order valence-electron chi connectivity index (χ2n) is 9.85. The topological polar surface area (TPSA) is 122 Å². The van der Waals surface area contributed by atoms with Crippen molar-refractivity contribution in [2.24, 2.45) is 5.92 Å². The fourth-order valence-electron chi connectivity index (χ4n) is 5.01. The van der Waals surface area contributed by atoms with E-state index in [0.29, 0.717) is 21.9 Å². The van der Waals surface area contributed by atoms with Gasteiger partial charge in [0.15, 0.2) is 5.82 Å². The van der Waals surface area contributed by atoms with Gasteiger partial charge in [-0.3, -0.25) is 15.1 Å². The Labute approximate surface area is 211 Å². The summed E-state index contributed by atoms with van der Waals surface area (Å²) in [7, 11) is 0.